The predicted molar refractivity (Wildman–Crippen MR) is 80.7 cm³/mol. The molecule has 0 aromatic heterocycles. The van der Waals surface area contributed by atoms with Crippen LogP contribution in [0.3, 0.4) is 0 Å². The lowest BCUT2D eigenvalue weighted by Crippen LogP contribution is -2.58. The fourth-order valence-corrected chi connectivity index (χ4v) is 5.28. The van der Waals surface area contributed by atoms with Crippen molar-refractivity contribution in [3.8, 4) is 0 Å². The van der Waals surface area contributed by atoms with E-state index in [4.69, 9.17) is 0 Å². The molecule has 1 heterocycles. The Bertz CT molecular complexity index is 344. The Labute approximate surface area is 124 Å². The maximum Gasteiger partial charge on any atom is 0.322 e. The van der Waals surface area contributed by atoms with Gasteiger partial charge < -0.3 is 9.80 Å². The van der Waals surface area contributed by atoms with Crippen molar-refractivity contribution in [1.29, 1.82) is 0 Å². The van der Waals surface area contributed by atoms with Gasteiger partial charge in [0, 0.05) is 12.1 Å². The van der Waals surface area contributed by atoms with Gasteiger partial charge in [0.25, 0.3) is 0 Å². The summed E-state index contributed by atoms with van der Waals surface area (Å²) in [4.78, 5) is 16.7. The SMILES string of the molecule is O=C1N(C2CCCCC2)CS(=O)CN1C1CCCCC1. The van der Waals surface area contributed by atoms with Gasteiger partial charge in [0.05, 0.1) is 10.8 Å². The van der Waals surface area contributed by atoms with E-state index in [0.717, 1.165) is 25.7 Å². The third-order valence-corrected chi connectivity index (χ3v) is 6.22. The normalized spacial score (nSPS) is 28.1. The van der Waals surface area contributed by atoms with Crippen molar-refractivity contribution in [2.75, 3.05) is 11.8 Å². The van der Waals surface area contributed by atoms with Gasteiger partial charge in [0.1, 0.15) is 11.8 Å². The first-order valence-corrected chi connectivity index (χ1v) is 9.67. The summed E-state index contributed by atoms with van der Waals surface area (Å²) in [6, 6.07) is 0.849. The Hall–Kier alpha value is -0.580. The molecule has 20 heavy (non-hydrogen) atoms. The lowest BCUT2D eigenvalue weighted by Gasteiger charge is -2.44. The van der Waals surface area contributed by atoms with E-state index >= 15 is 0 Å². The molecule has 3 rings (SSSR count). The molecule has 0 spiro atoms. The van der Waals surface area contributed by atoms with Gasteiger partial charge >= 0.3 is 6.03 Å². The Kier molecular flexibility index (Phi) is 4.64. The largest absolute Gasteiger partial charge is 0.322 e. The van der Waals surface area contributed by atoms with E-state index in [2.05, 4.69) is 0 Å². The number of rotatable bonds is 2. The van der Waals surface area contributed by atoms with Gasteiger partial charge in [0.2, 0.25) is 0 Å². The number of hydrogen-bond donors (Lipinski definition) is 0. The highest BCUT2D eigenvalue weighted by atomic mass is 32.2. The molecule has 3 aliphatic rings. The Morgan fingerprint density at radius 3 is 1.55 bits per heavy atom. The van der Waals surface area contributed by atoms with Crippen LogP contribution in [0.5, 0.6) is 0 Å². The summed E-state index contributed by atoms with van der Waals surface area (Å²) in [5, 5.41) is 0. The Morgan fingerprint density at radius 1 is 0.750 bits per heavy atom. The van der Waals surface area contributed by atoms with Crippen LogP contribution in [0.4, 0.5) is 4.79 Å². The molecule has 0 aromatic carbocycles. The number of nitrogens with zero attached hydrogens (tertiary/aromatic N) is 2. The molecule has 0 atom stereocenters. The van der Waals surface area contributed by atoms with Crippen molar-refractivity contribution in [1.82, 2.24) is 9.80 Å². The lowest BCUT2D eigenvalue weighted by atomic mass is 9.93. The average molecular weight is 298 g/mol. The van der Waals surface area contributed by atoms with E-state index in [1.165, 1.54) is 38.5 Å². The Morgan fingerprint density at radius 2 is 1.15 bits per heavy atom. The van der Waals surface area contributed by atoms with Gasteiger partial charge in [-0.05, 0) is 25.7 Å². The van der Waals surface area contributed by atoms with Gasteiger partial charge in [-0.25, -0.2) is 4.79 Å². The van der Waals surface area contributed by atoms with E-state index in [-0.39, 0.29) is 6.03 Å². The van der Waals surface area contributed by atoms with Crippen molar-refractivity contribution in [3.05, 3.63) is 0 Å². The molecule has 0 bridgehead atoms. The minimum absolute atomic E-state index is 0.170. The molecule has 0 N–H and O–H groups in total. The molecular formula is C15H26N2O2S. The first kappa shape index (κ1) is 14.4. The molecule has 2 amide bonds. The molecule has 5 heteroatoms. The molecule has 0 aromatic rings. The minimum atomic E-state index is -0.893. The molecule has 0 radical (unpaired) electrons. The zero-order valence-corrected chi connectivity index (χ0v) is 13.1. The fourth-order valence-electron chi connectivity index (χ4n) is 3.94. The second-order valence-electron chi connectivity index (χ2n) is 6.50. The molecule has 114 valence electrons. The number of hydrogen-bond acceptors (Lipinski definition) is 2. The highest BCUT2D eigenvalue weighted by Gasteiger charge is 2.38. The summed E-state index contributed by atoms with van der Waals surface area (Å²) in [6.45, 7) is 0. The maximum absolute atomic E-state index is 12.8. The summed E-state index contributed by atoms with van der Waals surface area (Å²) in [5.74, 6) is 0.930. The van der Waals surface area contributed by atoms with Crippen LogP contribution in [0, 0.1) is 0 Å². The molecule has 1 saturated heterocycles. The van der Waals surface area contributed by atoms with Gasteiger partial charge in [-0.2, -0.15) is 0 Å². The average Bonchev–Trinajstić information content (AvgIpc) is 2.51. The number of amides is 2. The van der Waals surface area contributed by atoms with E-state index in [9.17, 15) is 9.00 Å². The van der Waals surface area contributed by atoms with E-state index in [1.807, 2.05) is 9.80 Å². The zero-order chi connectivity index (χ0) is 13.9. The van der Waals surface area contributed by atoms with E-state index in [1.54, 1.807) is 0 Å². The molecule has 4 nitrogen and oxygen atoms in total. The first-order valence-electron chi connectivity index (χ1n) is 8.18. The molecule has 2 saturated carbocycles. The van der Waals surface area contributed by atoms with Crippen LogP contribution in [0.15, 0.2) is 0 Å². The van der Waals surface area contributed by atoms with Crippen LogP contribution >= 0.6 is 0 Å². The third-order valence-electron chi connectivity index (χ3n) is 5.09. The smallest absolute Gasteiger partial charge is 0.310 e. The Balaban J connectivity index is 1.71. The lowest BCUT2D eigenvalue weighted by molar-refractivity contribution is 0.106. The van der Waals surface area contributed by atoms with Crippen molar-refractivity contribution >= 4 is 16.8 Å². The quantitative estimate of drug-likeness (QED) is 0.786. The van der Waals surface area contributed by atoms with Gasteiger partial charge in [-0.3, -0.25) is 4.21 Å². The van der Waals surface area contributed by atoms with E-state index < -0.39 is 10.8 Å². The number of carbonyl (C=O) groups is 1. The number of carbonyl (C=O) groups excluding carboxylic acids is 1. The monoisotopic (exact) mass is 298 g/mol. The van der Waals surface area contributed by atoms with E-state index in [0.29, 0.717) is 23.8 Å². The fraction of sp³-hybridized carbons (Fsp3) is 0.933. The van der Waals surface area contributed by atoms with Crippen LogP contribution in [0.25, 0.3) is 0 Å². The maximum atomic E-state index is 12.8. The molecule has 1 aliphatic heterocycles. The van der Waals surface area contributed by atoms with Crippen molar-refractivity contribution in [2.45, 2.75) is 76.3 Å². The van der Waals surface area contributed by atoms with Crippen LogP contribution in [-0.2, 0) is 10.8 Å². The molecular weight excluding hydrogens is 272 g/mol. The van der Waals surface area contributed by atoms with Crippen molar-refractivity contribution < 1.29 is 9.00 Å². The third kappa shape index (κ3) is 3.02. The highest BCUT2D eigenvalue weighted by Crippen LogP contribution is 2.29. The van der Waals surface area contributed by atoms with Gasteiger partial charge in [-0.15, -0.1) is 0 Å². The topological polar surface area (TPSA) is 40.6 Å². The standard InChI is InChI=1S/C15H26N2O2S/c18-15-16(13-7-3-1-4-8-13)11-20(19)12-17(15)14-9-5-2-6-10-14/h13-14H,1-12H2. The summed E-state index contributed by atoms with van der Waals surface area (Å²) in [5.41, 5.74) is 0. The van der Waals surface area contributed by atoms with Crippen LogP contribution in [0.2, 0.25) is 0 Å². The highest BCUT2D eigenvalue weighted by molar-refractivity contribution is 7.84. The van der Waals surface area contributed by atoms with Crippen molar-refractivity contribution in [3.63, 3.8) is 0 Å². The summed E-state index contributed by atoms with van der Waals surface area (Å²) < 4.78 is 12.2. The summed E-state index contributed by atoms with van der Waals surface area (Å²) in [7, 11) is -0.893. The summed E-state index contributed by atoms with van der Waals surface area (Å²) in [6.07, 6.45) is 11.8. The second kappa shape index (κ2) is 6.46. The van der Waals surface area contributed by atoms with Crippen LogP contribution in [0.1, 0.15) is 64.2 Å². The predicted octanol–water partition coefficient (Wildman–Crippen LogP) is 3.05. The first-order chi connectivity index (χ1) is 9.75. The molecule has 3 fully saturated rings. The second-order valence-corrected chi connectivity index (χ2v) is 7.90. The van der Waals surface area contributed by atoms with Gasteiger partial charge in [0.15, 0.2) is 0 Å². The van der Waals surface area contributed by atoms with Gasteiger partial charge in [-0.1, -0.05) is 38.5 Å². The number of urea groups is 1. The summed E-state index contributed by atoms with van der Waals surface area (Å²) >= 11 is 0. The van der Waals surface area contributed by atoms with Crippen LogP contribution in [-0.4, -0.2) is 43.9 Å². The molecule has 2 aliphatic carbocycles. The molecule has 0 unspecified atom stereocenters. The minimum Gasteiger partial charge on any atom is -0.310 e. The van der Waals surface area contributed by atoms with Crippen LogP contribution < -0.4 is 0 Å². The zero-order valence-electron chi connectivity index (χ0n) is 12.3. The van der Waals surface area contributed by atoms with Crippen molar-refractivity contribution in [2.24, 2.45) is 0 Å².